The molecule has 0 aromatic carbocycles. The first-order valence-electron chi connectivity index (χ1n) is 6.18. The summed E-state index contributed by atoms with van der Waals surface area (Å²) in [5.74, 6) is 0. The highest BCUT2D eigenvalue weighted by Crippen LogP contribution is 2.03. The van der Waals surface area contributed by atoms with Crippen LogP contribution in [0.3, 0.4) is 0 Å². The van der Waals surface area contributed by atoms with Gasteiger partial charge in [0.1, 0.15) is 0 Å². The summed E-state index contributed by atoms with van der Waals surface area (Å²) >= 11 is 0. The number of pyridine rings is 1. The molecule has 86 valence electrons. The highest BCUT2D eigenvalue weighted by Gasteiger charge is 1.83. The zero-order valence-electron chi connectivity index (χ0n) is 10.5. The predicted octanol–water partition coefficient (Wildman–Crippen LogP) is 4.76. The highest BCUT2D eigenvalue weighted by molar-refractivity contribution is 4.99. The predicted molar refractivity (Wildman–Crippen MR) is 68.0 cm³/mol. The van der Waals surface area contributed by atoms with Crippen molar-refractivity contribution in [3.05, 3.63) is 30.1 Å². The normalized spacial score (nSPS) is 9.27. The third-order valence-electron chi connectivity index (χ3n) is 2.27. The Labute approximate surface area is 94.9 Å². The van der Waals surface area contributed by atoms with E-state index in [4.69, 9.17) is 0 Å². The quantitative estimate of drug-likeness (QED) is 0.634. The first-order chi connectivity index (χ1) is 7.31. The van der Waals surface area contributed by atoms with E-state index in [-0.39, 0.29) is 0 Å². The number of nitrogens with zero attached hydrogens (tertiary/aromatic N) is 1. The summed E-state index contributed by atoms with van der Waals surface area (Å²) in [6.07, 6.45) is 10.3. The van der Waals surface area contributed by atoms with E-state index in [2.05, 4.69) is 18.8 Å². The number of unbranched alkanes of at least 4 members (excludes halogenated alkanes) is 5. The fourth-order valence-electron chi connectivity index (χ4n) is 1.30. The number of hydrogen-bond acceptors (Lipinski definition) is 1. The van der Waals surface area contributed by atoms with E-state index in [1.54, 1.807) is 6.20 Å². The maximum Gasteiger partial charge on any atom is 0.0372 e. The second-order valence-electron chi connectivity index (χ2n) is 3.89. The van der Waals surface area contributed by atoms with E-state index in [1.165, 1.54) is 38.5 Å². The number of rotatable bonds is 5. The molecule has 0 atom stereocenters. The maximum atomic E-state index is 3.98. The molecule has 0 fully saturated rings. The summed E-state index contributed by atoms with van der Waals surface area (Å²) in [4.78, 5) is 3.98. The Morgan fingerprint density at radius 1 is 0.933 bits per heavy atom. The van der Waals surface area contributed by atoms with Crippen molar-refractivity contribution in [1.82, 2.24) is 4.98 Å². The fraction of sp³-hybridized carbons (Fsp3) is 0.643. The Hall–Kier alpha value is -0.850. The molecule has 0 aliphatic carbocycles. The van der Waals surface area contributed by atoms with Gasteiger partial charge in [-0.3, -0.25) is 4.98 Å². The van der Waals surface area contributed by atoms with E-state index in [9.17, 15) is 0 Å². The lowest BCUT2D eigenvalue weighted by Crippen LogP contribution is -1.73. The van der Waals surface area contributed by atoms with Gasteiger partial charge in [-0.1, -0.05) is 58.4 Å². The molecule has 0 saturated carbocycles. The van der Waals surface area contributed by atoms with Gasteiger partial charge < -0.3 is 0 Å². The minimum absolute atomic E-state index is 1.07. The lowest BCUT2D eigenvalue weighted by atomic mass is 10.1. The first kappa shape index (κ1) is 14.2. The van der Waals surface area contributed by atoms with Crippen LogP contribution in [0, 0.1) is 6.92 Å². The fourth-order valence-corrected chi connectivity index (χ4v) is 1.30. The molecule has 0 saturated heterocycles. The van der Waals surface area contributed by atoms with Crippen LogP contribution in [0.25, 0.3) is 0 Å². The lowest BCUT2D eigenvalue weighted by Gasteiger charge is -1.93. The third kappa shape index (κ3) is 11.1. The molecule has 0 radical (unpaired) electrons. The van der Waals surface area contributed by atoms with E-state index in [0.717, 1.165) is 5.69 Å². The highest BCUT2D eigenvalue weighted by atomic mass is 14.6. The molecule has 0 aliphatic rings. The molecule has 0 bridgehead atoms. The van der Waals surface area contributed by atoms with Crippen LogP contribution in [-0.4, -0.2) is 4.98 Å². The van der Waals surface area contributed by atoms with Gasteiger partial charge >= 0.3 is 0 Å². The Morgan fingerprint density at radius 2 is 1.53 bits per heavy atom. The molecule has 1 aromatic heterocycles. The van der Waals surface area contributed by atoms with Crippen LogP contribution in [0.2, 0.25) is 0 Å². The second-order valence-corrected chi connectivity index (χ2v) is 3.89. The van der Waals surface area contributed by atoms with Gasteiger partial charge in [0.15, 0.2) is 0 Å². The standard InChI is InChI=1S/C8H18.C6H7N/c1-3-5-7-8-6-4-2;1-6-4-2-3-5-7-6/h3-8H2,1-2H3;2-5H,1H3. The zero-order valence-corrected chi connectivity index (χ0v) is 10.5. The summed E-state index contributed by atoms with van der Waals surface area (Å²) in [5, 5.41) is 0. The van der Waals surface area contributed by atoms with Crippen LogP contribution in [0.15, 0.2) is 24.4 Å². The zero-order chi connectivity index (χ0) is 11.4. The maximum absolute atomic E-state index is 3.98. The van der Waals surface area contributed by atoms with Crippen LogP contribution in [0.4, 0.5) is 0 Å². The van der Waals surface area contributed by atoms with Gasteiger partial charge in [0, 0.05) is 11.9 Å². The molecule has 0 unspecified atom stereocenters. The Balaban J connectivity index is 0.000000262. The Kier molecular flexibility index (Phi) is 10.6. The van der Waals surface area contributed by atoms with Crippen LogP contribution in [0.5, 0.6) is 0 Å². The van der Waals surface area contributed by atoms with Crippen molar-refractivity contribution in [2.24, 2.45) is 0 Å². The SMILES string of the molecule is CCCCCCCC.Cc1ccccn1. The Morgan fingerprint density at radius 3 is 1.80 bits per heavy atom. The Bertz CT molecular complexity index is 200. The van der Waals surface area contributed by atoms with Crippen molar-refractivity contribution in [1.29, 1.82) is 0 Å². The van der Waals surface area contributed by atoms with Crippen molar-refractivity contribution < 1.29 is 0 Å². The molecule has 1 heterocycles. The average molecular weight is 207 g/mol. The van der Waals surface area contributed by atoms with Gasteiger partial charge in [-0.25, -0.2) is 0 Å². The molecule has 1 rings (SSSR count). The first-order valence-corrected chi connectivity index (χ1v) is 6.18. The molecule has 0 aliphatic heterocycles. The van der Waals surface area contributed by atoms with E-state index < -0.39 is 0 Å². The second kappa shape index (κ2) is 11.2. The van der Waals surface area contributed by atoms with Gasteiger partial charge in [-0.05, 0) is 19.1 Å². The smallest absolute Gasteiger partial charge is 0.0372 e. The van der Waals surface area contributed by atoms with E-state index in [1.807, 2.05) is 25.1 Å². The van der Waals surface area contributed by atoms with Crippen molar-refractivity contribution >= 4 is 0 Å². The molecule has 0 amide bonds. The summed E-state index contributed by atoms with van der Waals surface area (Å²) in [6, 6.07) is 5.86. The molecule has 1 nitrogen and oxygen atoms in total. The summed E-state index contributed by atoms with van der Waals surface area (Å²) < 4.78 is 0. The summed E-state index contributed by atoms with van der Waals surface area (Å²) in [6.45, 7) is 6.48. The monoisotopic (exact) mass is 207 g/mol. The van der Waals surface area contributed by atoms with Crippen LogP contribution in [0.1, 0.15) is 58.1 Å². The third-order valence-corrected chi connectivity index (χ3v) is 2.27. The van der Waals surface area contributed by atoms with Gasteiger partial charge in [0.2, 0.25) is 0 Å². The average Bonchev–Trinajstić information content (AvgIpc) is 2.27. The molecule has 1 heteroatoms. The van der Waals surface area contributed by atoms with Crippen LogP contribution < -0.4 is 0 Å². The van der Waals surface area contributed by atoms with Crippen molar-refractivity contribution in [2.75, 3.05) is 0 Å². The molecule has 1 aromatic rings. The van der Waals surface area contributed by atoms with Crippen molar-refractivity contribution in [3.8, 4) is 0 Å². The largest absolute Gasteiger partial charge is 0.262 e. The number of aromatic nitrogens is 1. The molecular weight excluding hydrogens is 182 g/mol. The molecule has 0 N–H and O–H groups in total. The van der Waals surface area contributed by atoms with E-state index in [0.29, 0.717) is 0 Å². The number of aryl methyl sites for hydroxylation is 1. The molecule has 15 heavy (non-hydrogen) atoms. The minimum Gasteiger partial charge on any atom is -0.262 e. The van der Waals surface area contributed by atoms with Crippen LogP contribution >= 0.6 is 0 Å². The minimum atomic E-state index is 1.07. The summed E-state index contributed by atoms with van der Waals surface area (Å²) in [7, 11) is 0. The lowest BCUT2D eigenvalue weighted by molar-refractivity contribution is 0.624. The van der Waals surface area contributed by atoms with Gasteiger partial charge in [-0.2, -0.15) is 0 Å². The van der Waals surface area contributed by atoms with E-state index >= 15 is 0 Å². The van der Waals surface area contributed by atoms with Crippen molar-refractivity contribution in [3.63, 3.8) is 0 Å². The topological polar surface area (TPSA) is 12.9 Å². The van der Waals surface area contributed by atoms with Gasteiger partial charge in [0.25, 0.3) is 0 Å². The molecular formula is C14H25N. The summed E-state index contributed by atoms with van der Waals surface area (Å²) in [5.41, 5.74) is 1.07. The van der Waals surface area contributed by atoms with Gasteiger partial charge in [-0.15, -0.1) is 0 Å². The van der Waals surface area contributed by atoms with Crippen LogP contribution in [-0.2, 0) is 0 Å². The van der Waals surface area contributed by atoms with Gasteiger partial charge in [0.05, 0.1) is 0 Å². The van der Waals surface area contributed by atoms with Crippen molar-refractivity contribution in [2.45, 2.75) is 59.3 Å². The number of hydrogen-bond donors (Lipinski definition) is 0. The molecule has 0 spiro atoms.